The molecule has 0 bridgehead atoms. The van der Waals surface area contributed by atoms with Crippen LogP contribution >= 0.6 is 0 Å². The lowest BCUT2D eigenvalue weighted by atomic mass is 10.3. The third kappa shape index (κ3) is 1.42. The highest BCUT2D eigenvalue weighted by molar-refractivity contribution is 6.19. The predicted octanol–water partition coefficient (Wildman–Crippen LogP) is 0.601. The summed E-state index contributed by atoms with van der Waals surface area (Å²) in [6.07, 6.45) is 2.97. The summed E-state index contributed by atoms with van der Waals surface area (Å²) >= 11 is 0. The Labute approximate surface area is 96.3 Å². The lowest BCUT2D eigenvalue weighted by molar-refractivity contribution is 0.0635. The van der Waals surface area contributed by atoms with Crippen LogP contribution in [0.25, 0.3) is 0 Å². The first-order valence-electron chi connectivity index (χ1n) is 5.07. The fraction of sp³-hybridized carbons (Fsp3) is 0.0909. The molecule has 0 aromatic carbocycles. The summed E-state index contributed by atoms with van der Waals surface area (Å²) < 4.78 is 0. The van der Waals surface area contributed by atoms with Gasteiger partial charge in [-0.1, -0.05) is 6.07 Å². The van der Waals surface area contributed by atoms with E-state index in [2.05, 4.69) is 15.0 Å². The molecule has 6 heteroatoms. The molecule has 2 aromatic rings. The van der Waals surface area contributed by atoms with E-state index in [-0.39, 0.29) is 29.7 Å². The predicted molar refractivity (Wildman–Crippen MR) is 57.0 cm³/mol. The van der Waals surface area contributed by atoms with Gasteiger partial charge >= 0.3 is 0 Å². The van der Waals surface area contributed by atoms with E-state index in [1.165, 1.54) is 6.33 Å². The average molecular weight is 228 g/mol. The van der Waals surface area contributed by atoms with Gasteiger partial charge in [-0.05, 0) is 12.1 Å². The van der Waals surface area contributed by atoms with E-state index in [4.69, 9.17) is 0 Å². The molecule has 0 saturated heterocycles. The van der Waals surface area contributed by atoms with Crippen LogP contribution in [0.4, 0.5) is 0 Å². The minimum atomic E-state index is -0.378. The van der Waals surface area contributed by atoms with Gasteiger partial charge in [0.25, 0.3) is 11.8 Å². The molecule has 2 aromatic heterocycles. The molecule has 84 valence electrons. The zero-order chi connectivity index (χ0) is 11.8. The molecule has 0 radical (unpaired) electrons. The summed E-state index contributed by atoms with van der Waals surface area (Å²) in [5, 5.41) is 0. The van der Waals surface area contributed by atoms with Crippen LogP contribution in [0.1, 0.15) is 26.7 Å². The molecule has 17 heavy (non-hydrogen) atoms. The number of aromatic amines is 1. The van der Waals surface area contributed by atoms with Crippen LogP contribution < -0.4 is 0 Å². The molecular formula is C11H8N4O2. The lowest BCUT2D eigenvalue weighted by Crippen LogP contribution is -2.30. The van der Waals surface area contributed by atoms with Gasteiger partial charge in [0, 0.05) is 6.20 Å². The molecule has 0 atom stereocenters. The number of hydrogen-bond acceptors (Lipinski definition) is 4. The second-order valence-electron chi connectivity index (χ2n) is 3.64. The third-order valence-electron chi connectivity index (χ3n) is 2.59. The van der Waals surface area contributed by atoms with E-state index >= 15 is 0 Å². The summed E-state index contributed by atoms with van der Waals surface area (Å²) in [5.74, 6) is -0.731. The van der Waals surface area contributed by atoms with Gasteiger partial charge in [0.05, 0.1) is 18.6 Å². The number of nitrogens with one attached hydrogen (secondary N) is 1. The molecule has 1 N–H and O–H groups in total. The molecule has 3 heterocycles. The number of imidazole rings is 1. The van der Waals surface area contributed by atoms with Crippen LogP contribution in [0.15, 0.2) is 30.7 Å². The molecule has 3 rings (SSSR count). The van der Waals surface area contributed by atoms with E-state index in [9.17, 15) is 9.59 Å². The number of rotatable bonds is 2. The summed E-state index contributed by atoms with van der Waals surface area (Å²) in [7, 11) is 0. The Kier molecular flexibility index (Phi) is 2.01. The molecule has 0 saturated carbocycles. The molecule has 1 aliphatic rings. The van der Waals surface area contributed by atoms with Crippen LogP contribution in [-0.4, -0.2) is 31.7 Å². The van der Waals surface area contributed by atoms with Gasteiger partial charge in [-0.25, -0.2) is 4.98 Å². The number of pyridine rings is 1. The zero-order valence-electron chi connectivity index (χ0n) is 8.75. The fourth-order valence-electron chi connectivity index (χ4n) is 1.77. The number of fused-ring (bicyclic) bond motifs is 1. The summed E-state index contributed by atoms with van der Waals surface area (Å²) in [4.78, 5) is 35.5. The highest BCUT2D eigenvalue weighted by atomic mass is 16.2. The maximum absolute atomic E-state index is 11.9. The number of H-pyrrole nitrogens is 1. The second kappa shape index (κ2) is 3.51. The van der Waals surface area contributed by atoms with Gasteiger partial charge in [0.1, 0.15) is 5.69 Å². The molecular weight excluding hydrogens is 220 g/mol. The van der Waals surface area contributed by atoms with Crippen LogP contribution in [0, 0.1) is 0 Å². The van der Waals surface area contributed by atoms with Crippen molar-refractivity contribution in [2.45, 2.75) is 6.54 Å². The van der Waals surface area contributed by atoms with Crippen molar-refractivity contribution in [2.75, 3.05) is 0 Å². The number of carbonyl (C=O) groups excluding carboxylic acids is 2. The number of amides is 2. The van der Waals surface area contributed by atoms with Gasteiger partial charge in [0.15, 0.2) is 5.69 Å². The molecule has 6 nitrogen and oxygen atoms in total. The Morgan fingerprint density at radius 1 is 1.18 bits per heavy atom. The normalized spacial score (nSPS) is 14.2. The van der Waals surface area contributed by atoms with E-state index in [0.717, 1.165) is 4.90 Å². The standard InChI is InChI=1S/C11H8N4O2/c16-10-8-9(14-6-13-8)11(17)15(10)5-7-3-1-2-4-12-7/h1-4,6H,5H2,(H,13,14). The first-order valence-corrected chi connectivity index (χ1v) is 5.07. The maximum Gasteiger partial charge on any atom is 0.282 e. The fourth-order valence-corrected chi connectivity index (χ4v) is 1.77. The first kappa shape index (κ1) is 9.71. The van der Waals surface area contributed by atoms with Crippen molar-refractivity contribution in [3.8, 4) is 0 Å². The van der Waals surface area contributed by atoms with Crippen molar-refractivity contribution in [2.24, 2.45) is 0 Å². The SMILES string of the molecule is O=C1c2nc[nH]c2C(=O)N1Cc1ccccn1. The Bertz CT molecular complexity index is 560. The molecule has 0 fully saturated rings. The van der Waals surface area contributed by atoms with Crippen molar-refractivity contribution in [3.05, 3.63) is 47.8 Å². The first-order chi connectivity index (χ1) is 8.27. The topological polar surface area (TPSA) is 79.0 Å². The van der Waals surface area contributed by atoms with Crippen LogP contribution in [0.2, 0.25) is 0 Å². The van der Waals surface area contributed by atoms with E-state index in [0.29, 0.717) is 5.69 Å². The van der Waals surface area contributed by atoms with E-state index in [1.54, 1.807) is 18.3 Å². The van der Waals surface area contributed by atoms with Crippen molar-refractivity contribution >= 4 is 11.8 Å². The number of carbonyl (C=O) groups is 2. The lowest BCUT2D eigenvalue weighted by Gasteiger charge is -2.12. The summed E-state index contributed by atoms with van der Waals surface area (Å²) in [6, 6.07) is 5.35. The highest BCUT2D eigenvalue weighted by Gasteiger charge is 2.38. The Hall–Kier alpha value is -2.50. The number of nitrogens with zero attached hydrogens (tertiary/aromatic N) is 3. The van der Waals surface area contributed by atoms with Gasteiger partial charge in [-0.3, -0.25) is 19.5 Å². The van der Waals surface area contributed by atoms with Crippen molar-refractivity contribution in [1.82, 2.24) is 19.9 Å². The molecule has 0 spiro atoms. The second-order valence-corrected chi connectivity index (χ2v) is 3.64. The Morgan fingerprint density at radius 2 is 2.06 bits per heavy atom. The van der Waals surface area contributed by atoms with Crippen molar-refractivity contribution < 1.29 is 9.59 Å². The number of hydrogen-bond donors (Lipinski definition) is 1. The minimum Gasteiger partial charge on any atom is -0.340 e. The quantitative estimate of drug-likeness (QED) is 0.763. The Balaban J connectivity index is 1.90. The molecule has 1 aliphatic heterocycles. The smallest absolute Gasteiger partial charge is 0.282 e. The minimum absolute atomic E-state index is 0.169. The number of imide groups is 1. The summed E-state index contributed by atoms with van der Waals surface area (Å²) in [6.45, 7) is 0.169. The van der Waals surface area contributed by atoms with E-state index < -0.39 is 0 Å². The molecule has 0 unspecified atom stereocenters. The van der Waals surface area contributed by atoms with Gasteiger partial charge in [-0.2, -0.15) is 0 Å². The summed E-state index contributed by atoms with van der Waals surface area (Å²) in [5.41, 5.74) is 1.11. The molecule has 2 amide bonds. The van der Waals surface area contributed by atoms with Gasteiger partial charge in [-0.15, -0.1) is 0 Å². The average Bonchev–Trinajstić information content (AvgIpc) is 2.91. The van der Waals surface area contributed by atoms with Crippen LogP contribution in [0.3, 0.4) is 0 Å². The largest absolute Gasteiger partial charge is 0.340 e. The van der Waals surface area contributed by atoms with Gasteiger partial charge < -0.3 is 4.98 Å². The Morgan fingerprint density at radius 3 is 2.76 bits per heavy atom. The van der Waals surface area contributed by atoms with Gasteiger partial charge in [0.2, 0.25) is 0 Å². The van der Waals surface area contributed by atoms with E-state index in [1.807, 2.05) is 6.07 Å². The number of aromatic nitrogens is 3. The highest BCUT2D eigenvalue weighted by Crippen LogP contribution is 2.20. The third-order valence-corrected chi connectivity index (χ3v) is 2.59. The monoisotopic (exact) mass is 228 g/mol. The van der Waals surface area contributed by atoms with Crippen LogP contribution in [0.5, 0.6) is 0 Å². The van der Waals surface area contributed by atoms with Crippen LogP contribution in [-0.2, 0) is 6.54 Å². The van der Waals surface area contributed by atoms with Crippen molar-refractivity contribution in [3.63, 3.8) is 0 Å². The zero-order valence-corrected chi connectivity index (χ0v) is 8.75. The molecule has 0 aliphatic carbocycles. The maximum atomic E-state index is 11.9. The van der Waals surface area contributed by atoms with Crippen molar-refractivity contribution in [1.29, 1.82) is 0 Å².